The van der Waals surface area contributed by atoms with Crippen molar-refractivity contribution in [1.29, 1.82) is 0 Å². The van der Waals surface area contributed by atoms with Crippen LogP contribution in [-0.4, -0.2) is 54.4 Å². The topological polar surface area (TPSA) is 63.4 Å². The molecule has 1 unspecified atom stereocenters. The highest BCUT2D eigenvalue weighted by Gasteiger charge is 2.27. The zero-order valence-corrected chi connectivity index (χ0v) is 12.2. The van der Waals surface area contributed by atoms with Crippen molar-refractivity contribution >= 4 is 0 Å². The molecule has 2 aliphatic heterocycles. The molecule has 6 heteroatoms. The Morgan fingerprint density at radius 3 is 2.75 bits per heavy atom. The molecule has 0 bridgehead atoms. The number of piperazine rings is 1. The fourth-order valence-corrected chi connectivity index (χ4v) is 3.09. The number of ether oxygens (including phenoxy) is 1. The number of aromatic nitrogens is 2. The van der Waals surface area contributed by atoms with Gasteiger partial charge in [0.25, 0.3) is 0 Å². The van der Waals surface area contributed by atoms with Crippen molar-refractivity contribution < 1.29 is 9.26 Å². The summed E-state index contributed by atoms with van der Waals surface area (Å²) in [6.07, 6.45) is 3.00. The van der Waals surface area contributed by atoms with Crippen LogP contribution in [0.25, 0.3) is 0 Å². The predicted molar refractivity (Wildman–Crippen MR) is 74.6 cm³/mol. The molecule has 6 nitrogen and oxygen atoms in total. The molecule has 0 radical (unpaired) electrons. The maximum atomic E-state index is 5.52. The monoisotopic (exact) mass is 280 g/mol. The van der Waals surface area contributed by atoms with Crippen molar-refractivity contribution in [2.24, 2.45) is 0 Å². The minimum Gasteiger partial charge on any atom is -0.381 e. The summed E-state index contributed by atoms with van der Waals surface area (Å²) in [6.45, 7) is 7.99. The molecular formula is C14H24N4O2. The summed E-state index contributed by atoms with van der Waals surface area (Å²) in [7, 11) is 0. The number of nitrogens with zero attached hydrogens (tertiary/aromatic N) is 3. The fourth-order valence-electron chi connectivity index (χ4n) is 3.09. The lowest BCUT2D eigenvalue weighted by Crippen LogP contribution is -2.45. The standard InChI is InChI=1S/C14H24N4O2/c1-2-12(18-7-5-15-6-8-18)13-16-14(20-17-13)11-3-9-19-10-4-11/h11-12,15H,2-10H2,1H3. The van der Waals surface area contributed by atoms with Gasteiger partial charge in [0.15, 0.2) is 5.82 Å². The van der Waals surface area contributed by atoms with E-state index < -0.39 is 0 Å². The summed E-state index contributed by atoms with van der Waals surface area (Å²) in [5, 5.41) is 7.63. The Labute approximate surface area is 119 Å². The summed E-state index contributed by atoms with van der Waals surface area (Å²) in [4.78, 5) is 7.14. The smallest absolute Gasteiger partial charge is 0.229 e. The molecule has 2 aliphatic rings. The van der Waals surface area contributed by atoms with Crippen molar-refractivity contribution in [3.05, 3.63) is 11.7 Å². The normalized spacial score (nSPS) is 23.9. The molecule has 112 valence electrons. The van der Waals surface area contributed by atoms with Crippen molar-refractivity contribution in [2.75, 3.05) is 39.4 Å². The molecule has 1 N–H and O–H groups in total. The van der Waals surface area contributed by atoms with Gasteiger partial charge in [0.05, 0.1) is 6.04 Å². The average Bonchev–Trinajstić information content (AvgIpc) is 3.00. The molecule has 3 heterocycles. The van der Waals surface area contributed by atoms with Crippen molar-refractivity contribution in [1.82, 2.24) is 20.4 Å². The lowest BCUT2D eigenvalue weighted by atomic mass is 10.0. The lowest BCUT2D eigenvalue weighted by Gasteiger charge is -2.32. The van der Waals surface area contributed by atoms with E-state index in [-0.39, 0.29) is 6.04 Å². The molecule has 3 rings (SSSR count). The first-order valence-electron chi connectivity index (χ1n) is 7.74. The molecule has 2 saturated heterocycles. The van der Waals surface area contributed by atoms with Crippen LogP contribution in [0.5, 0.6) is 0 Å². The van der Waals surface area contributed by atoms with E-state index in [1.54, 1.807) is 0 Å². The van der Waals surface area contributed by atoms with Crippen LogP contribution >= 0.6 is 0 Å². The largest absolute Gasteiger partial charge is 0.381 e. The van der Waals surface area contributed by atoms with Crippen LogP contribution in [0, 0.1) is 0 Å². The van der Waals surface area contributed by atoms with Crippen LogP contribution in [0.15, 0.2) is 4.52 Å². The Balaban J connectivity index is 1.70. The van der Waals surface area contributed by atoms with E-state index in [1.165, 1.54) is 0 Å². The molecular weight excluding hydrogens is 256 g/mol. The van der Waals surface area contributed by atoms with Gasteiger partial charge in [0, 0.05) is 45.3 Å². The highest BCUT2D eigenvalue weighted by molar-refractivity contribution is 5.00. The first-order valence-corrected chi connectivity index (χ1v) is 7.74. The minimum absolute atomic E-state index is 0.287. The van der Waals surface area contributed by atoms with Gasteiger partial charge in [-0.3, -0.25) is 4.90 Å². The van der Waals surface area contributed by atoms with Gasteiger partial charge in [-0.25, -0.2) is 0 Å². The summed E-state index contributed by atoms with van der Waals surface area (Å²) in [5.41, 5.74) is 0. The second-order valence-corrected chi connectivity index (χ2v) is 5.59. The van der Waals surface area contributed by atoms with Gasteiger partial charge in [-0.2, -0.15) is 4.98 Å². The number of hydrogen-bond acceptors (Lipinski definition) is 6. The summed E-state index contributed by atoms with van der Waals surface area (Å²) < 4.78 is 10.9. The number of rotatable bonds is 4. The molecule has 2 fully saturated rings. The lowest BCUT2D eigenvalue weighted by molar-refractivity contribution is 0.0778. The van der Waals surface area contributed by atoms with E-state index >= 15 is 0 Å². The van der Waals surface area contributed by atoms with Gasteiger partial charge < -0.3 is 14.6 Å². The second-order valence-electron chi connectivity index (χ2n) is 5.59. The predicted octanol–water partition coefficient (Wildman–Crippen LogP) is 1.32. The van der Waals surface area contributed by atoms with E-state index in [9.17, 15) is 0 Å². The zero-order chi connectivity index (χ0) is 13.8. The minimum atomic E-state index is 0.287. The Kier molecular flexibility index (Phi) is 4.65. The van der Waals surface area contributed by atoms with Crippen LogP contribution < -0.4 is 5.32 Å². The molecule has 1 aromatic heterocycles. The van der Waals surface area contributed by atoms with Gasteiger partial charge in [0.2, 0.25) is 5.89 Å². The Hall–Kier alpha value is -0.980. The highest BCUT2D eigenvalue weighted by Crippen LogP contribution is 2.28. The Morgan fingerprint density at radius 2 is 2.05 bits per heavy atom. The molecule has 0 spiro atoms. The van der Waals surface area contributed by atoms with E-state index in [2.05, 4.69) is 27.3 Å². The maximum Gasteiger partial charge on any atom is 0.229 e. The van der Waals surface area contributed by atoms with Gasteiger partial charge >= 0.3 is 0 Å². The molecule has 1 aromatic rings. The summed E-state index contributed by atoms with van der Waals surface area (Å²) in [6, 6.07) is 0.287. The van der Waals surface area contributed by atoms with Crippen molar-refractivity contribution in [3.63, 3.8) is 0 Å². The Bertz CT molecular complexity index is 411. The zero-order valence-electron chi connectivity index (χ0n) is 12.2. The van der Waals surface area contributed by atoms with E-state index in [4.69, 9.17) is 9.26 Å². The van der Waals surface area contributed by atoms with Crippen LogP contribution in [0.1, 0.15) is 49.9 Å². The third kappa shape index (κ3) is 3.02. The molecule has 0 aliphatic carbocycles. The SMILES string of the molecule is CCC(c1noc(C2CCOCC2)n1)N1CCNCC1. The van der Waals surface area contributed by atoms with E-state index in [0.29, 0.717) is 5.92 Å². The van der Waals surface area contributed by atoms with Crippen molar-refractivity contribution in [2.45, 2.75) is 38.1 Å². The van der Waals surface area contributed by atoms with Crippen LogP contribution in [0.2, 0.25) is 0 Å². The van der Waals surface area contributed by atoms with Gasteiger partial charge in [-0.05, 0) is 19.3 Å². The first kappa shape index (κ1) is 14.0. The number of nitrogens with one attached hydrogen (secondary N) is 1. The summed E-state index contributed by atoms with van der Waals surface area (Å²) in [5.74, 6) is 2.04. The molecule has 0 saturated carbocycles. The first-order chi connectivity index (χ1) is 9.88. The van der Waals surface area contributed by atoms with Crippen molar-refractivity contribution in [3.8, 4) is 0 Å². The highest BCUT2D eigenvalue weighted by atomic mass is 16.5. The van der Waals surface area contributed by atoms with Gasteiger partial charge in [-0.1, -0.05) is 12.1 Å². The molecule has 20 heavy (non-hydrogen) atoms. The Morgan fingerprint density at radius 1 is 1.30 bits per heavy atom. The molecule has 1 atom stereocenters. The van der Waals surface area contributed by atoms with E-state index in [0.717, 1.165) is 70.4 Å². The maximum absolute atomic E-state index is 5.52. The van der Waals surface area contributed by atoms with Crippen LogP contribution in [-0.2, 0) is 4.74 Å². The third-order valence-electron chi connectivity index (χ3n) is 4.31. The second kappa shape index (κ2) is 6.65. The fraction of sp³-hybridized carbons (Fsp3) is 0.857. The van der Waals surface area contributed by atoms with Gasteiger partial charge in [0.1, 0.15) is 0 Å². The van der Waals surface area contributed by atoms with Crippen LogP contribution in [0.4, 0.5) is 0 Å². The van der Waals surface area contributed by atoms with E-state index in [1.807, 2.05) is 0 Å². The summed E-state index contributed by atoms with van der Waals surface area (Å²) >= 11 is 0. The molecule has 0 amide bonds. The average molecular weight is 280 g/mol. The van der Waals surface area contributed by atoms with Gasteiger partial charge in [-0.15, -0.1) is 0 Å². The third-order valence-corrected chi connectivity index (χ3v) is 4.31. The van der Waals surface area contributed by atoms with Crippen LogP contribution in [0.3, 0.4) is 0 Å². The number of hydrogen-bond donors (Lipinski definition) is 1. The quantitative estimate of drug-likeness (QED) is 0.897. The molecule has 0 aromatic carbocycles.